The van der Waals surface area contributed by atoms with Crippen LogP contribution in [0.3, 0.4) is 0 Å². The van der Waals surface area contributed by atoms with Gasteiger partial charge in [0.1, 0.15) is 6.54 Å². The van der Waals surface area contributed by atoms with Gasteiger partial charge < -0.3 is 0 Å². The molecule has 3 heterocycles. The molecule has 0 atom stereocenters. The van der Waals surface area contributed by atoms with Gasteiger partial charge in [-0.1, -0.05) is 36.4 Å². The van der Waals surface area contributed by atoms with Crippen LogP contribution in [0, 0.1) is 0 Å². The monoisotopic (exact) mass is 449 g/mol. The number of amides is 1. The SMILES string of the molecule is Cn1c(=O)c2c(nc(Cl)n2CC(=O)N2c3ccccc3CCc3ccccc32)n(C)c1=O. The van der Waals surface area contributed by atoms with Crippen LogP contribution in [0.2, 0.25) is 5.28 Å². The van der Waals surface area contributed by atoms with Gasteiger partial charge in [0.05, 0.1) is 11.4 Å². The summed E-state index contributed by atoms with van der Waals surface area (Å²) in [6, 6.07) is 15.6. The normalized spacial score (nSPS) is 13.0. The minimum Gasteiger partial charge on any atom is -0.299 e. The molecule has 0 spiro atoms. The molecule has 8 nitrogen and oxygen atoms in total. The highest BCUT2D eigenvalue weighted by molar-refractivity contribution is 6.29. The highest BCUT2D eigenvalue weighted by atomic mass is 35.5. The van der Waals surface area contributed by atoms with Crippen molar-refractivity contribution in [1.82, 2.24) is 18.7 Å². The van der Waals surface area contributed by atoms with Crippen molar-refractivity contribution in [3.05, 3.63) is 85.8 Å². The Hall–Kier alpha value is -3.65. The van der Waals surface area contributed by atoms with Crippen molar-refractivity contribution in [1.29, 1.82) is 0 Å². The van der Waals surface area contributed by atoms with E-state index >= 15 is 0 Å². The van der Waals surface area contributed by atoms with Crippen LogP contribution in [-0.4, -0.2) is 24.6 Å². The average molecular weight is 450 g/mol. The summed E-state index contributed by atoms with van der Waals surface area (Å²) in [6.07, 6.45) is 1.63. The molecule has 4 aromatic rings. The Morgan fingerprint density at radius 1 is 0.938 bits per heavy atom. The quantitative estimate of drug-likeness (QED) is 0.440. The average Bonchev–Trinajstić information content (AvgIpc) is 3.02. The van der Waals surface area contributed by atoms with Gasteiger partial charge in [-0.15, -0.1) is 0 Å². The van der Waals surface area contributed by atoms with E-state index in [2.05, 4.69) is 4.98 Å². The molecule has 5 rings (SSSR count). The molecule has 0 bridgehead atoms. The van der Waals surface area contributed by atoms with Gasteiger partial charge in [-0.05, 0) is 47.7 Å². The molecule has 162 valence electrons. The number of anilines is 2. The Morgan fingerprint density at radius 2 is 1.50 bits per heavy atom. The van der Waals surface area contributed by atoms with Crippen LogP contribution in [0.5, 0.6) is 0 Å². The number of para-hydroxylation sites is 2. The van der Waals surface area contributed by atoms with Crippen LogP contribution in [0.1, 0.15) is 11.1 Å². The molecule has 0 saturated heterocycles. The molecule has 2 aromatic heterocycles. The fourth-order valence-electron chi connectivity index (χ4n) is 4.32. The molecule has 1 aliphatic rings. The molecule has 1 aliphatic heterocycles. The first-order chi connectivity index (χ1) is 15.4. The zero-order chi connectivity index (χ0) is 22.6. The molecule has 0 unspecified atom stereocenters. The maximum atomic E-state index is 13.7. The third-order valence-corrected chi connectivity index (χ3v) is 6.26. The number of fused-ring (bicyclic) bond motifs is 3. The van der Waals surface area contributed by atoms with Crippen molar-refractivity contribution in [2.45, 2.75) is 19.4 Å². The molecule has 32 heavy (non-hydrogen) atoms. The number of rotatable bonds is 2. The summed E-state index contributed by atoms with van der Waals surface area (Å²) in [5, 5.41) is -0.0250. The largest absolute Gasteiger partial charge is 0.332 e. The van der Waals surface area contributed by atoms with E-state index in [1.165, 1.54) is 23.2 Å². The minimum atomic E-state index is -0.549. The number of aryl methyl sites for hydroxylation is 3. The third-order valence-electron chi connectivity index (χ3n) is 5.97. The van der Waals surface area contributed by atoms with Gasteiger partial charge in [0.15, 0.2) is 11.2 Å². The van der Waals surface area contributed by atoms with E-state index in [-0.39, 0.29) is 28.9 Å². The van der Waals surface area contributed by atoms with Crippen molar-refractivity contribution < 1.29 is 4.79 Å². The third kappa shape index (κ3) is 2.98. The number of carbonyl (C=O) groups excluding carboxylic acids is 1. The fourth-order valence-corrected chi connectivity index (χ4v) is 4.54. The van der Waals surface area contributed by atoms with Crippen molar-refractivity contribution in [3.63, 3.8) is 0 Å². The molecule has 0 aliphatic carbocycles. The zero-order valence-electron chi connectivity index (χ0n) is 17.6. The van der Waals surface area contributed by atoms with Crippen LogP contribution >= 0.6 is 11.6 Å². The van der Waals surface area contributed by atoms with E-state index in [0.717, 1.165) is 39.9 Å². The van der Waals surface area contributed by atoms with E-state index in [9.17, 15) is 14.4 Å². The Labute approximate surface area is 187 Å². The Bertz CT molecular complexity index is 1470. The lowest BCUT2D eigenvalue weighted by molar-refractivity contribution is -0.118. The summed E-state index contributed by atoms with van der Waals surface area (Å²) in [4.78, 5) is 44.7. The fraction of sp³-hybridized carbons (Fsp3) is 0.217. The lowest BCUT2D eigenvalue weighted by Crippen LogP contribution is -2.38. The first-order valence-corrected chi connectivity index (χ1v) is 10.6. The number of nitrogens with zero attached hydrogens (tertiary/aromatic N) is 5. The molecular formula is C23H20ClN5O3. The van der Waals surface area contributed by atoms with Gasteiger partial charge in [-0.2, -0.15) is 4.98 Å². The van der Waals surface area contributed by atoms with E-state index < -0.39 is 11.2 Å². The highest BCUT2D eigenvalue weighted by Gasteiger charge is 2.28. The van der Waals surface area contributed by atoms with Gasteiger partial charge in [0.2, 0.25) is 5.28 Å². The summed E-state index contributed by atoms with van der Waals surface area (Å²) in [7, 11) is 2.90. The molecule has 9 heteroatoms. The maximum absolute atomic E-state index is 13.7. The number of hydrogen-bond acceptors (Lipinski definition) is 4. The zero-order valence-corrected chi connectivity index (χ0v) is 18.3. The maximum Gasteiger partial charge on any atom is 0.332 e. The molecule has 0 saturated carbocycles. The van der Waals surface area contributed by atoms with Crippen LogP contribution in [0.4, 0.5) is 11.4 Å². The van der Waals surface area contributed by atoms with Crippen LogP contribution in [-0.2, 0) is 38.3 Å². The number of hydrogen-bond donors (Lipinski definition) is 0. The summed E-state index contributed by atoms with van der Waals surface area (Å²) in [5.74, 6) is -0.260. The number of imidazole rings is 1. The summed E-state index contributed by atoms with van der Waals surface area (Å²) < 4.78 is 3.61. The number of halogens is 1. The summed E-state index contributed by atoms with van der Waals surface area (Å²) in [6.45, 7) is -0.203. The molecular weight excluding hydrogens is 430 g/mol. The number of aromatic nitrogens is 4. The van der Waals surface area contributed by atoms with Crippen molar-refractivity contribution >= 4 is 40.0 Å². The van der Waals surface area contributed by atoms with E-state index in [4.69, 9.17) is 11.6 Å². The Kier molecular flexibility index (Phi) is 4.74. The molecule has 2 aromatic carbocycles. The predicted molar refractivity (Wildman–Crippen MR) is 123 cm³/mol. The van der Waals surface area contributed by atoms with Gasteiger partial charge in [-0.25, -0.2) is 4.79 Å². The molecule has 0 N–H and O–H groups in total. The topological polar surface area (TPSA) is 82.1 Å². The highest BCUT2D eigenvalue weighted by Crippen LogP contribution is 2.36. The first-order valence-electron chi connectivity index (χ1n) is 10.2. The van der Waals surface area contributed by atoms with E-state index in [1.807, 2.05) is 48.5 Å². The lowest BCUT2D eigenvalue weighted by Gasteiger charge is -2.25. The van der Waals surface area contributed by atoms with Crippen LogP contribution < -0.4 is 16.1 Å². The van der Waals surface area contributed by atoms with Gasteiger partial charge in [0, 0.05) is 14.1 Å². The number of carbonyl (C=O) groups is 1. The Morgan fingerprint density at radius 3 is 2.09 bits per heavy atom. The first kappa shape index (κ1) is 20.3. The Balaban J connectivity index is 1.68. The van der Waals surface area contributed by atoms with Crippen LogP contribution in [0.15, 0.2) is 58.1 Å². The lowest BCUT2D eigenvalue weighted by atomic mass is 10.0. The second-order valence-electron chi connectivity index (χ2n) is 7.83. The molecule has 0 radical (unpaired) electrons. The van der Waals surface area contributed by atoms with Gasteiger partial charge in [-0.3, -0.25) is 28.2 Å². The van der Waals surface area contributed by atoms with Gasteiger partial charge >= 0.3 is 5.69 Å². The van der Waals surface area contributed by atoms with Crippen molar-refractivity contribution in [2.75, 3.05) is 4.90 Å². The molecule has 0 fully saturated rings. The summed E-state index contributed by atoms with van der Waals surface area (Å²) in [5.41, 5.74) is 2.95. The minimum absolute atomic E-state index is 0.0250. The second kappa shape index (κ2) is 7.49. The van der Waals surface area contributed by atoms with E-state index in [1.54, 1.807) is 4.90 Å². The standard InChI is InChI=1S/C23H20ClN5O3/c1-26-20-19(21(31)27(2)23(26)32)28(22(24)25-20)13-18(30)29-16-9-5-3-7-14(16)11-12-15-8-4-6-10-17(15)29/h3-10H,11-13H2,1-2H3. The van der Waals surface area contributed by atoms with E-state index in [0.29, 0.717) is 0 Å². The van der Waals surface area contributed by atoms with Crippen molar-refractivity contribution in [3.8, 4) is 0 Å². The number of benzene rings is 2. The second-order valence-corrected chi connectivity index (χ2v) is 8.17. The smallest absolute Gasteiger partial charge is 0.299 e. The predicted octanol–water partition coefficient (Wildman–Crippen LogP) is 2.55. The summed E-state index contributed by atoms with van der Waals surface area (Å²) >= 11 is 6.35. The van der Waals surface area contributed by atoms with Crippen LogP contribution in [0.25, 0.3) is 11.2 Å². The molecule has 1 amide bonds. The van der Waals surface area contributed by atoms with Crippen molar-refractivity contribution in [2.24, 2.45) is 14.1 Å². The van der Waals surface area contributed by atoms with Gasteiger partial charge in [0.25, 0.3) is 11.5 Å².